The van der Waals surface area contributed by atoms with Crippen LogP contribution in [0.15, 0.2) is 46.9 Å². The number of benzene rings is 1. The van der Waals surface area contributed by atoms with Crippen molar-refractivity contribution in [3.8, 4) is 11.5 Å². The predicted octanol–water partition coefficient (Wildman–Crippen LogP) is 3.87. The molecule has 4 aromatic rings. The number of amides is 1. The summed E-state index contributed by atoms with van der Waals surface area (Å²) in [5.74, 6) is 0.912. The Morgan fingerprint density at radius 3 is 2.85 bits per heavy atom. The quantitative estimate of drug-likeness (QED) is 0.585. The molecule has 0 aliphatic carbocycles. The molecule has 132 valence electrons. The number of carbonyl (C=O) groups is 1. The van der Waals surface area contributed by atoms with Crippen molar-refractivity contribution in [2.45, 2.75) is 13.5 Å². The van der Waals surface area contributed by atoms with Crippen molar-refractivity contribution in [3.63, 3.8) is 0 Å². The van der Waals surface area contributed by atoms with Crippen LogP contribution in [-0.2, 0) is 6.54 Å². The number of halogens is 1. The number of aryl methyl sites for hydroxylation is 1. The first-order chi connectivity index (χ1) is 12.5. The zero-order valence-electron chi connectivity index (χ0n) is 14.3. The molecule has 4 rings (SSSR count). The number of hydrogen-bond donors (Lipinski definition) is 2. The first-order valence-corrected chi connectivity index (χ1v) is 8.14. The van der Waals surface area contributed by atoms with Crippen LogP contribution >= 0.6 is 0 Å². The molecule has 0 unspecified atom stereocenters. The zero-order chi connectivity index (χ0) is 18.3. The van der Waals surface area contributed by atoms with Crippen molar-refractivity contribution in [1.82, 2.24) is 20.1 Å². The molecule has 0 bridgehead atoms. The molecule has 0 spiro atoms. The number of nitrogens with one attached hydrogen (secondary N) is 2. The van der Waals surface area contributed by atoms with Gasteiger partial charge in [-0.05, 0) is 43.3 Å². The van der Waals surface area contributed by atoms with Gasteiger partial charge in [0, 0.05) is 29.7 Å². The molecule has 1 aromatic carbocycles. The molecule has 0 atom stereocenters. The van der Waals surface area contributed by atoms with E-state index in [4.69, 9.17) is 4.42 Å². The largest absolute Gasteiger partial charge is 0.460 e. The number of rotatable bonds is 4. The predicted molar refractivity (Wildman–Crippen MR) is 95.1 cm³/mol. The highest BCUT2D eigenvalue weighted by atomic mass is 19.1. The summed E-state index contributed by atoms with van der Waals surface area (Å²) in [4.78, 5) is 17.3. The van der Waals surface area contributed by atoms with Gasteiger partial charge in [0.2, 0.25) is 0 Å². The van der Waals surface area contributed by atoms with E-state index in [1.54, 1.807) is 24.1 Å². The molecule has 0 fully saturated rings. The highest BCUT2D eigenvalue weighted by molar-refractivity contribution is 5.93. The lowest BCUT2D eigenvalue weighted by Crippen LogP contribution is -2.26. The van der Waals surface area contributed by atoms with Gasteiger partial charge in [-0.25, -0.2) is 4.39 Å². The number of hydrogen-bond acceptors (Lipinski definition) is 3. The van der Waals surface area contributed by atoms with Crippen molar-refractivity contribution in [2.75, 3.05) is 7.05 Å². The summed E-state index contributed by atoms with van der Waals surface area (Å²) in [5, 5.41) is 7.68. The lowest BCUT2D eigenvalue weighted by molar-refractivity contribution is 0.0778. The average molecular weight is 352 g/mol. The van der Waals surface area contributed by atoms with Crippen LogP contribution in [0, 0.1) is 12.7 Å². The van der Waals surface area contributed by atoms with Gasteiger partial charge >= 0.3 is 0 Å². The summed E-state index contributed by atoms with van der Waals surface area (Å²) in [6.45, 7) is 2.21. The number of fused-ring (bicyclic) bond motifs is 1. The Morgan fingerprint density at radius 2 is 2.08 bits per heavy atom. The Balaban J connectivity index is 1.51. The smallest absolute Gasteiger partial charge is 0.274 e. The van der Waals surface area contributed by atoms with E-state index >= 15 is 0 Å². The summed E-state index contributed by atoms with van der Waals surface area (Å²) in [5.41, 5.74) is 2.60. The molecule has 7 heteroatoms. The monoisotopic (exact) mass is 352 g/mol. The molecule has 3 aromatic heterocycles. The molecular formula is C19H17FN4O2. The molecule has 6 nitrogen and oxygen atoms in total. The van der Waals surface area contributed by atoms with Crippen LogP contribution < -0.4 is 0 Å². The Bertz CT molecular complexity index is 1090. The summed E-state index contributed by atoms with van der Waals surface area (Å²) in [6, 6.07) is 11.7. The molecule has 2 N–H and O–H groups in total. The summed E-state index contributed by atoms with van der Waals surface area (Å²) in [7, 11) is 1.69. The Hall–Kier alpha value is -3.35. The van der Waals surface area contributed by atoms with E-state index in [1.807, 2.05) is 25.1 Å². The Morgan fingerprint density at radius 1 is 1.23 bits per heavy atom. The third kappa shape index (κ3) is 2.99. The summed E-state index contributed by atoms with van der Waals surface area (Å²) in [6.07, 6.45) is 0. The van der Waals surface area contributed by atoms with Crippen LogP contribution in [-0.4, -0.2) is 33.0 Å². The minimum atomic E-state index is -0.287. The van der Waals surface area contributed by atoms with Gasteiger partial charge in [0.05, 0.1) is 6.54 Å². The number of nitrogens with zero attached hydrogens (tertiary/aromatic N) is 2. The highest BCUT2D eigenvalue weighted by Gasteiger charge is 2.18. The third-order valence-corrected chi connectivity index (χ3v) is 4.20. The lowest BCUT2D eigenvalue weighted by Gasteiger charge is -2.14. The van der Waals surface area contributed by atoms with Crippen LogP contribution in [0.4, 0.5) is 4.39 Å². The molecule has 1 amide bonds. The van der Waals surface area contributed by atoms with E-state index in [1.165, 1.54) is 12.1 Å². The van der Waals surface area contributed by atoms with E-state index in [2.05, 4.69) is 15.2 Å². The maximum atomic E-state index is 13.3. The first-order valence-electron chi connectivity index (χ1n) is 8.14. The fourth-order valence-electron chi connectivity index (χ4n) is 2.91. The number of furan rings is 1. The first kappa shape index (κ1) is 16.1. The second-order valence-electron chi connectivity index (χ2n) is 6.26. The molecular weight excluding hydrogens is 335 g/mol. The zero-order valence-corrected chi connectivity index (χ0v) is 14.3. The third-order valence-electron chi connectivity index (χ3n) is 4.20. The van der Waals surface area contributed by atoms with E-state index in [9.17, 15) is 9.18 Å². The Labute approximate surface area is 148 Å². The second-order valence-corrected chi connectivity index (χ2v) is 6.26. The van der Waals surface area contributed by atoms with Gasteiger partial charge in [0.25, 0.3) is 5.91 Å². The number of aromatic nitrogens is 3. The molecule has 0 saturated carbocycles. The Kier molecular flexibility index (Phi) is 3.84. The maximum Gasteiger partial charge on any atom is 0.274 e. The van der Waals surface area contributed by atoms with Gasteiger partial charge in [-0.3, -0.25) is 9.89 Å². The van der Waals surface area contributed by atoms with Gasteiger partial charge < -0.3 is 14.3 Å². The molecule has 3 heterocycles. The standard InChI is InChI=1S/C19H17FN4O2/c1-11-3-6-18(26-11)16-9-17(23-22-16)19(25)24(2)10-14-8-12-7-13(20)4-5-15(12)21-14/h3-9,21H,10H2,1-2H3,(H,22,23). The van der Waals surface area contributed by atoms with E-state index < -0.39 is 0 Å². The van der Waals surface area contributed by atoms with Crippen molar-refractivity contribution in [1.29, 1.82) is 0 Å². The van der Waals surface area contributed by atoms with Crippen LogP contribution in [0.3, 0.4) is 0 Å². The van der Waals surface area contributed by atoms with E-state index in [-0.39, 0.29) is 11.7 Å². The van der Waals surface area contributed by atoms with Crippen LogP contribution in [0.2, 0.25) is 0 Å². The fraction of sp³-hybridized carbons (Fsp3) is 0.158. The summed E-state index contributed by atoms with van der Waals surface area (Å²) >= 11 is 0. The van der Waals surface area contributed by atoms with Gasteiger partial charge in [-0.15, -0.1) is 0 Å². The van der Waals surface area contributed by atoms with Gasteiger partial charge in [-0.1, -0.05) is 0 Å². The average Bonchev–Trinajstić information content (AvgIpc) is 3.32. The van der Waals surface area contributed by atoms with Crippen molar-refractivity contribution >= 4 is 16.8 Å². The molecule has 0 aliphatic heterocycles. The SMILES string of the molecule is Cc1ccc(-c2cc(C(=O)N(C)Cc3cc4cc(F)ccc4[nH]3)n[nH]2)o1. The van der Waals surface area contributed by atoms with Crippen LogP contribution in [0.1, 0.15) is 21.9 Å². The van der Waals surface area contributed by atoms with Gasteiger partial charge in [0.15, 0.2) is 11.5 Å². The molecule has 26 heavy (non-hydrogen) atoms. The van der Waals surface area contributed by atoms with E-state index in [0.29, 0.717) is 23.7 Å². The molecule has 0 radical (unpaired) electrons. The molecule has 0 saturated heterocycles. The lowest BCUT2D eigenvalue weighted by atomic mass is 10.2. The van der Waals surface area contributed by atoms with Gasteiger partial charge in [-0.2, -0.15) is 5.10 Å². The maximum absolute atomic E-state index is 13.3. The number of aromatic amines is 2. The highest BCUT2D eigenvalue weighted by Crippen LogP contribution is 2.21. The summed E-state index contributed by atoms with van der Waals surface area (Å²) < 4.78 is 18.8. The topological polar surface area (TPSA) is 77.9 Å². The minimum absolute atomic E-state index is 0.222. The fourth-order valence-corrected chi connectivity index (χ4v) is 2.91. The van der Waals surface area contributed by atoms with Crippen LogP contribution in [0.25, 0.3) is 22.4 Å². The van der Waals surface area contributed by atoms with Gasteiger partial charge in [0.1, 0.15) is 17.3 Å². The van der Waals surface area contributed by atoms with Crippen LogP contribution in [0.5, 0.6) is 0 Å². The second kappa shape index (κ2) is 6.18. The minimum Gasteiger partial charge on any atom is -0.460 e. The van der Waals surface area contributed by atoms with Crippen molar-refractivity contribution in [2.24, 2.45) is 0 Å². The normalized spacial score (nSPS) is 11.2. The number of H-pyrrole nitrogens is 2. The van der Waals surface area contributed by atoms with E-state index in [0.717, 1.165) is 22.4 Å². The van der Waals surface area contributed by atoms with Crippen molar-refractivity contribution in [3.05, 3.63) is 65.4 Å². The number of carbonyl (C=O) groups excluding carboxylic acids is 1. The molecule has 0 aliphatic rings. The van der Waals surface area contributed by atoms with Crippen molar-refractivity contribution < 1.29 is 13.6 Å².